The van der Waals surface area contributed by atoms with E-state index in [2.05, 4.69) is 16.6 Å². The summed E-state index contributed by atoms with van der Waals surface area (Å²) in [7, 11) is 0. The molecule has 16 heavy (non-hydrogen) atoms. The molecule has 90 valence electrons. The monoisotopic (exact) mass is 237 g/mol. The first kappa shape index (κ1) is 12.2. The molecule has 0 aromatic carbocycles. The second-order valence-corrected chi connectivity index (χ2v) is 6.08. The molecule has 1 atom stereocenters. The fraction of sp³-hybridized carbons (Fsp3) is 0.786. The van der Waals surface area contributed by atoms with E-state index in [1.165, 1.54) is 57.8 Å². The molecule has 1 heterocycles. The summed E-state index contributed by atoms with van der Waals surface area (Å²) in [5.41, 5.74) is 0. The van der Waals surface area contributed by atoms with Crippen molar-refractivity contribution >= 4 is 18.0 Å². The number of nitrogens with zero attached hydrogens (tertiary/aromatic N) is 1. The SMILES string of the molecule is C1=CSC(C2CCCCCCCCC2)C=N1. The molecule has 0 amide bonds. The Morgan fingerprint density at radius 1 is 0.875 bits per heavy atom. The molecule has 0 spiro atoms. The Morgan fingerprint density at radius 3 is 2.06 bits per heavy atom. The van der Waals surface area contributed by atoms with Crippen LogP contribution in [0.2, 0.25) is 0 Å². The van der Waals surface area contributed by atoms with Crippen LogP contribution in [0.5, 0.6) is 0 Å². The van der Waals surface area contributed by atoms with E-state index in [1.807, 2.05) is 18.0 Å². The van der Waals surface area contributed by atoms with Gasteiger partial charge in [0.25, 0.3) is 0 Å². The van der Waals surface area contributed by atoms with Crippen LogP contribution in [0.3, 0.4) is 0 Å². The van der Waals surface area contributed by atoms with Crippen LogP contribution in [-0.2, 0) is 0 Å². The van der Waals surface area contributed by atoms with Crippen LogP contribution in [0.25, 0.3) is 0 Å². The summed E-state index contributed by atoms with van der Waals surface area (Å²) in [6.45, 7) is 0. The van der Waals surface area contributed by atoms with Gasteiger partial charge in [-0.1, -0.05) is 44.9 Å². The molecular weight excluding hydrogens is 214 g/mol. The maximum absolute atomic E-state index is 4.30. The van der Waals surface area contributed by atoms with E-state index in [0.29, 0.717) is 5.25 Å². The molecule has 1 unspecified atom stereocenters. The number of hydrogen-bond acceptors (Lipinski definition) is 2. The lowest BCUT2D eigenvalue weighted by molar-refractivity contribution is 0.405. The zero-order valence-electron chi connectivity index (χ0n) is 10.1. The molecule has 0 radical (unpaired) electrons. The molecule has 0 aromatic rings. The van der Waals surface area contributed by atoms with Gasteiger partial charge in [0.1, 0.15) is 0 Å². The molecule has 2 rings (SSSR count). The molecule has 0 N–H and O–H groups in total. The summed E-state index contributed by atoms with van der Waals surface area (Å²) in [6.07, 6.45) is 17.0. The van der Waals surface area contributed by atoms with E-state index >= 15 is 0 Å². The van der Waals surface area contributed by atoms with E-state index in [9.17, 15) is 0 Å². The Morgan fingerprint density at radius 2 is 1.50 bits per heavy atom. The van der Waals surface area contributed by atoms with E-state index in [0.717, 1.165) is 5.92 Å². The lowest BCUT2D eigenvalue weighted by atomic mass is 9.90. The fourth-order valence-corrected chi connectivity index (χ4v) is 3.69. The third-order valence-electron chi connectivity index (χ3n) is 3.73. The first-order valence-corrected chi connectivity index (χ1v) is 7.75. The van der Waals surface area contributed by atoms with Gasteiger partial charge in [0.05, 0.1) is 0 Å². The predicted octanol–water partition coefficient (Wildman–Crippen LogP) is 4.78. The lowest BCUT2D eigenvalue weighted by Crippen LogP contribution is -2.20. The molecule has 1 fully saturated rings. The fourth-order valence-electron chi connectivity index (χ4n) is 2.73. The van der Waals surface area contributed by atoms with E-state index < -0.39 is 0 Å². The highest BCUT2D eigenvalue weighted by molar-refractivity contribution is 8.03. The third kappa shape index (κ3) is 3.97. The van der Waals surface area contributed by atoms with Crippen LogP contribution in [0.15, 0.2) is 16.6 Å². The Hall–Kier alpha value is -0.240. The number of rotatable bonds is 1. The molecule has 2 aliphatic rings. The topological polar surface area (TPSA) is 12.4 Å². The van der Waals surface area contributed by atoms with Crippen molar-refractivity contribution in [1.29, 1.82) is 0 Å². The van der Waals surface area contributed by atoms with E-state index in [1.54, 1.807) is 0 Å². The van der Waals surface area contributed by atoms with Crippen molar-refractivity contribution in [3.63, 3.8) is 0 Å². The summed E-state index contributed by atoms with van der Waals surface area (Å²) >= 11 is 1.97. The Kier molecular flexibility index (Phi) is 5.47. The van der Waals surface area contributed by atoms with Crippen LogP contribution >= 0.6 is 11.8 Å². The van der Waals surface area contributed by atoms with Crippen LogP contribution < -0.4 is 0 Å². The third-order valence-corrected chi connectivity index (χ3v) is 4.83. The summed E-state index contributed by atoms with van der Waals surface area (Å²) in [5, 5.41) is 2.81. The Balaban J connectivity index is 1.84. The molecule has 1 saturated carbocycles. The Bertz CT molecular complexity index is 237. The molecule has 0 aromatic heterocycles. The molecular formula is C14H23NS. The van der Waals surface area contributed by atoms with Crippen molar-refractivity contribution in [1.82, 2.24) is 0 Å². The maximum atomic E-state index is 4.30. The van der Waals surface area contributed by atoms with Gasteiger partial charge in [-0.3, -0.25) is 4.99 Å². The normalized spacial score (nSPS) is 29.1. The van der Waals surface area contributed by atoms with Gasteiger partial charge in [0.2, 0.25) is 0 Å². The van der Waals surface area contributed by atoms with Gasteiger partial charge in [0.15, 0.2) is 0 Å². The molecule has 0 saturated heterocycles. The first-order valence-electron chi connectivity index (χ1n) is 6.80. The van der Waals surface area contributed by atoms with Gasteiger partial charge < -0.3 is 0 Å². The standard InChI is InChI=1S/C14H23NS/c1-2-4-6-8-13(9-7-5-3-1)14-12-15-10-11-16-14/h10-14H,1-9H2. The Labute approximate surface area is 104 Å². The van der Waals surface area contributed by atoms with E-state index in [-0.39, 0.29) is 0 Å². The summed E-state index contributed by atoms with van der Waals surface area (Å²) in [4.78, 5) is 4.30. The number of hydrogen-bond donors (Lipinski definition) is 0. The number of thioether (sulfide) groups is 1. The predicted molar refractivity (Wildman–Crippen MR) is 74.1 cm³/mol. The van der Waals surface area contributed by atoms with Gasteiger partial charge in [-0.2, -0.15) is 0 Å². The minimum absolute atomic E-state index is 0.657. The molecule has 0 bridgehead atoms. The van der Waals surface area contributed by atoms with Gasteiger partial charge >= 0.3 is 0 Å². The molecule has 1 aliphatic heterocycles. The largest absolute Gasteiger partial charge is 0.267 e. The van der Waals surface area contributed by atoms with Crippen LogP contribution in [0, 0.1) is 5.92 Å². The highest BCUT2D eigenvalue weighted by Crippen LogP contribution is 2.31. The first-order chi connectivity index (χ1) is 7.97. The average molecular weight is 237 g/mol. The quantitative estimate of drug-likeness (QED) is 0.639. The summed E-state index contributed by atoms with van der Waals surface area (Å²) < 4.78 is 0. The van der Waals surface area contributed by atoms with Crippen molar-refractivity contribution in [3.05, 3.63) is 11.6 Å². The van der Waals surface area contributed by atoms with Crippen LogP contribution in [0.4, 0.5) is 0 Å². The van der Waals surface area contributed by atoms with Gasteiger partial charge in [-0.05, 0) is 24.2 Å². The summed E-state index contributed by atoms with van der Waals surface area (Å²) in [6, 6.07) is 0. The van der Waals surface area contributed by atoms with Crippen molar-refractivity contribution in [3.8, 4) is 0 Å². The second-order valence-electron chi connectivity index (χ2n) is 5.00. The highest BCUT2D eigenvalue weighted by atomic mass is 32.2. The van der Waals surface area contributed by atoms with E-state index in [4.69, 9.17) is 0 Å². The summed E-state index contributed by atoms with van der Waals surface area (Å²) in [5.74, 6) is 0.872. The molecule has 1 nitrogen and oxygen atoms in total. The zero-order valence-corrected chi connectivity index (χ0v) is 10.9. The molecule has 1 aliphatic carbocycles. The van der Waals surface area contributed by atoms with Crippen molar-refractivity contribution in [2.45, 2.75) is 63.0 Å². The van der Waals surface area contributed by atoms with Crippen molar-refractivity contribution in [2.24, 2.45) is 10.9 Å². The maximum Gasteiger partial charge on any atom is 0.0470 e. The molecule has 2 heteroatoms. The van der Waals surface area contributed by atoms with Crippen LogP contribution in [-0.4, -0.2) is 11.5 Å². The van der Waals surface area contributed by atoms with Gasteiger partial charge in [-0.15, -0.1) is 11.8 Å². The smallest absolute Gasteiger partial charge is 0.0470 e. The lowest BCUT2D eigenvalue weighted by Gasteiger charge is -2.24. The minimum Gasteiger partial charge on any atom is -0.267 e. The van der Waals surface area contributed by atoms with Gasteiger partial charge in [-0.25, -0.2) is 0 Å². The van der Waals surface area contributed by atoms with Gasteiger partial charge in [0, 0.05) is 17.7 Å². The minimum atomic E-state index is 0.657. The highest BCUT2D eigenvalue weighted by Gasteiger charge is 2.20. The average Bonchev–Trinajstić information content (AvgIpc) is 2.37. The van der Waals surface area contributed by atoms with Crippen molar-refractivity contribution in [2.75, 3.05) is 0 Å². The second kappa shape index (κ2) is 7.16. The van der Waals surface area contributed by atoms with Crippen molar-refractivity contribution < 1.29 is 0 Å². The van der Waals surface area contributed by atoms with Crippen LogP contribution in [0.1, 0.15) is 57.8 Å². The number of aliphatic imine (C=N–C) groups is 1. The zero-order chi connectivity index (χ0) is 11.1.